The van der Waals surface area contributed by atoms with Crippen molar-refractivity contribution in [1.29, 1.82) is 0 Å². The lowest BCUT2D eigenvalue weighted by atomic mass is 9.85. The molecule has 0 saturated heterocycles. The summed E-state index contributed by atoms with van der Waals surface area (Å²) in [5, 5.41) is 3.03. The van der Waals surface area contributed by atoms with Gasteiger partial charge in [0.2, 0.25) is 0 Å². The van der Waals surface area contributed by atoms with Gasteiger partial charge in [0, 0.05) is 19.7 Å². The summed E-state index contributed by atoms with van der Waals surface area (Å²) in [4.78, 5) is 21.9. The third-order valence-electron chi connectivity index (χ3n) is 3.49. The number of hydrogen-bond donors (Lipinski definition) is 1. The lowest BCUT2D eigenvalue weighted by molar-refractivity contribution is -0.115. The van der Waals surface area contributed by atoms with Crippen LogP contribution in [0.4, 0.5) is 11.6 Å². The molecule has 0 radical (unpaired) electrons. The molecule has 0 aliphatic heterocycles. The normalized spacial score (nSPS) is 14.9. The standard InChI is InChI=1S/C14H22N4O/c1-10(19)8-15-13-7-14(17-11(2)16-13)18(3)9-12-5-4-6-12/h7,12H,4-6,8-9H2,1-3H3,(H,15,16,17). The Balaban J connectivity index is 2.03. The number of nitrogens with zero attached hydrogens (tertiary/aromatic N) is 3. The van der Waals surface area contributed by atoms with E-state index in [4.69, 9.17) is 0 Å². The molecule has 0 amide bonds. The van der Waals surface area contributed by atoms with Gasteiger partial charge in [-0.2, -0.15) is 0 Å². The maximum Gasteiger partial charge on any atom is 0.148 e. The van der Waals surface area contributed by atoms with E-state index in [9.17, 15) is 4.79 Å². The topological polar surface area (TPSA) is 58.1 Å². The molecule has 0 bridgehead atoms. The van der Waals surface area contributed by atoms with Gasteiger partial charge >= 0.3 is 0 Å². The summed E-state index contributed by atoms with van der Waals surface area (Å²) in [6, 6.07) is 1.91. The van der Waals surface area contributed by atoms with Crippen molar-refractivity contribution in [1.82, 2.24) is 9.97 Å². The van der Waals surface area contributed by atoms with Crippen molar-refractivity contribution in [2.24, 2.45) is 5.92 Å². The van der Waals surface area contributed by atoms with Crippen LogP contribution in [-0.2, 0) is 4.79 Å². The predicted molar refractivity (Wildman–Crippen MR) is 76.6 cm³/mol. The molecule has 0 spiro atoms. The van der Waals surface area contributed by atoms with Crippen LogP contribution in [0, 0.1) is 12.8 Å². The van der Waals surface area contributed by atoms with Gasteiger partial charge in [-0.05, 0) is 32.6 Å². The molecular formula is C14H22N4O. The van der Waals surface area contributed by atoms with Crippen LogP contribution in [-0.4, -0.2) is 35.9 Å². The second-order valence-electron chi connectivity index (χ2n) is 5.39. The molecule has 0 unspecified atom stereocenters. The number of carbonyl (C=O) groups excluding carboxylic acids is 1. The smallest absolute Gasteiger partial charge is 0.148 e. The summed E-state index contributed by atoms with van der Waals surface area (Å²) in [5.41, 5.74) is 0. The molecule has 0 atom stereocenters. The molecule has 104 valence electrons. The zero-order valence-electron chi connectivity index (χ0n) is 11.9. The first kappa shape index (κ1) is 13.8. The molecule has 1 heterocycles. The van der Waals surface area contributed by atoms with Gasteiger partial charge in [-0.3, -0.25) is 4.79 Å². The van der Waals surface area contributed by atoms with E-state index >= 15 is 0 Å². The minimum absolute atomic E-state index is 0.0978. The highest BCUT2D eigenvalue weighted by Gasteiger charge is 2.20. The van der Waals surface area contributed by atoms with Crippen LogP contribution in [0.1, 0.15) is 32.0 Å². The molecule has 5 heteroatoms. The summed E-state index contributed by atoms with van der Waals surface area (Å²) in [6.45, 7) is 4.79. The molecule has 1 aliphatic carbocycles. The van der Waals surface area contributed by atoms with Gasteiger partial charge in [-0.25, -0.2) is 9.97 Å². The first-order valence-corrected chi connectivity index (χ1v) is 6.84. The number of ketones is 1. The third kappa shape index (κ3) is 3.91. The van der Waals surface area contributed by atoms with Crippen LogP contribution in [0.15, 0.2) is 6.07 Å². The number of Topliss-reactive ketones (excluding diaryl/α,β-unsaturated/α-hetero) is 1. The van der Waals surface area contributed by atoms with Crippen LogP contribution in [0.2, 0.25) is 0 Å². The number of nitrogens with one attached hydrogen (secondary N) is 1. The molecule has 2 rings (SSSR count). The first-order valence-electron chi connectivity index (χ1n) is 6.84. The molecular weight excluding hydrogens is 240 g/mol. The monoisotopic (exact) mass is 262 g/mol. The van der Waals surface area contributed by atoms with Gasteiger partial charge in [-0.1, -0.05) is 6.42 Å². The Morgan fingerprint density at radius 2 is 2.21 bits per heavy atom. The van der Waals surface area contributed by atoms with Crippen molar-refractivity contribution in [3.63, 3.8) is 0 Å². The van der Waals surface area contributed by atoms with Gasteiger partial charge in [0.1, 0.15) is 23.2 Å². The fraction of sp³-hybridized carbons (Fsp3) is 0.643. The van der Waals surface area contributed by atoms with E-state index in [0.717, 1.165) is 29.9 Å². The molecule has 1 aliphatic rings. The van der Waals surface area contributed by atoms with E-state index in [1.54, 1.807) is 6.92 Å². The van der Waals surface area contributed by atoms with Gasteiger partial charge < -0.3 is 10.2 Å². The highest BCUT2D eigenvalue weighted by atomic mass is 16.1. The van der Waals surface area contributed by atoms with Crippen LogP contribution in [0.3, 0.4) is 0 Å². The van der Waals surface area contributed by atoms with E-state index in [1.165, 1.54) is 19.3 Å². The number of anilines is 2. The number of rotatable bonds is 6. The van der Waals surface area contributed by atoms with Crippen molar-refractivity contribution in [3.8, 4) is 0 Å². The van der Waals surface area contributed by atoms with Gasteiger partial charge in [0.05, 0.1) is 6.54 Å². The average Bonchev–Trinajstić information content (AvgIpc) is 2.30. The highest BCUT2D eigenvalue weighted by molar-refractivity contribution is 5.80. The minimum Gasteiger partial charge on any atom is -0.363 e. The Labute approximate surface area is 114 Å². The zero-order valence-corrected chi connectivity index (χ0v) is 11.9. The first-order chi connectivity index (χ1) is 9.04. The molecule has 1 aromatic rings. The Kier molecular flexibility index (Phi) is 4.35. The van der Waals surface area contributed by atoms with Crippen LogP contribution in [0.25, 0.3) is 0 Å². The summed E-state index contributed by atoms with van der Waals surface area (Å²) in [5.74, 6) is 3.27. The number of carbonyl (C=O) groups is 1. The third-order valence-corrected chi connectivity index (χ3v) is 3.49. The van der Waals surface area contributed by atoms with Crippen molar-refractivity contribution in [2.45, 2.75) is 33.1 Å². The van der Waals surface area contributed by atoms with E-state index in [2.05, 4.69) is 27.2 Å². The number of aromatic nitrogens is 2. The van der Waals surface area contributed by atoms with Crippen LogP contribution in [0.5, 0.6) is 0 Å². The summed E-state index contributed by atoms with van der Waals surface area (Å²) >= 11 is 0. The summed E-state index contributed by atoms with van der Waals surface area (Å²) < 4.78 is 0. The molecule has 1 fully saturated rings. The number of hydrogen-bond acceptors (Lipinski definition) is 5. The largest absolute Gasteiger partial charge is 0.363 e. The summed E-state index contributed by atoms with van der Waals surface area (Å²) in [6.07, 6.45) is 4.00. The van der Waals surface area contributed by atoms with Crippen molar-refractivity contribution >= 4 is 17.4 Å². The maximum absolute atomic E-state index is 11.0. The molecule has 0 aromatic carbocycles. The Morgan fingerprint density at radius 3 is 2.79 bits per heavy atom. The fourth-order valence-electron chi connectivity index (χ4n) is 2.21. The second-order valence-corrected chi connectivity index (χ2v) is 5.39. The fourth-order valence-corrected chi connectivity index (χ4v) is 2.21. The SMILES string of the molecule is CC(=O)CNc1cc(N(C)CC2CCC2)nc(C)n1. The maximum atomic E-state index is 11.0. The van der Waals surface area contributed by atoms with E-state index in [-0.39, 0.29) is 5.78 Å². The Morgan fingerprint density at radius 1 is 1.47 bits per heavy atom. The lowest BCUT2D eigenvalue weighted by Gasteiger charge is -2.30. The van der Waals surface area contributed by atoms with Gasteiger partial charge in [0.25, 0.3) is 0 Å². The lowest BCUT2D eigenvalue weighted by Crippen LogP contribution is -2.30. The number of aryl methyl sites for hydroxylation is 1. The second kappa shape index (κ2) is 5.99. The van der Waals surface area contributed by atoms with Crippen molar-refractivity contribution < 1.29 is 4.79 Å². The van der Waals surface area contributed by atoms with Crippen LogP contribution < -0.4 is 10.2 Å². The molecule has 1 N–H and O–H groups in total. The predicted octanol–water partition coefficient (Wildman–Crippen LogP) is 2.02. The van der Waals surface area contributed by atoms with Gasteiger partial charge in [-0.15, -0.1) is 0 Å². The Bertz CT molecular complexity index is 457. The summed E-state index contributed by atoms with van der Waals surface area (Å²) in [7, 11) is 2.06. The molecule has 1 saturated carbocycles. The van der Waals surface area contributed by atoms with E-state index in [1.807, 2.05) is 13.0 Å². The van der Waals surface area contributed by atoms with E-state index in [0.29, 0.717) is 6.54 Å². The van der Waals surface area contributed by atoms with Crippen molar-refractivity contribution in [2.75, 3.05) is 30.4 Å². The van der Waals surface area contributed by atoms with E-state index < -0.39 is 0 Å². The Hall–Kier alpha value is -1.65. The highest BCUT2D eigenvalue weighted by Crippen LogP contribution is 2.28. The zero-order chi connectivity index (χ0) is 13.8. The molecule has 1 aromatic heterocycles. The molecule has 19 heavy (non-hydrogen) atoms. The quantitative estimate of drug-likeness (QED) is 0.850. The van der Waals surface area contributed by atoms with Gasteiger partial charge in [0.15, 0.2) is 0 Å². The average molecular weight is 262 g/mol. The van der Waals surface area contributed by atoms with Crippen molar-refractivity contribution in [3.05, 3.63) is 11.9 Å². The van der Waals surface area contributed by atoms with Crippen LogP contribution >= 0.6 is 0 Å². The molecule has 5 nitrogen and oxygen atoms in total. The minimum atomic E-state index is 0.0978.